The summed E-state index contributed by atoms with van der Waals surface area (Å²) in [4.78, 5) is 3.51. The Kier molecular flexibility index (Phi) is 6.06. The third-order valence-electron chi connectivity index (χ3n) is 2.27. The molecule has 0 saturated heterocycles. The Bertz CT molecular complexity index is 547. The number of halogens is 3. The van der Waals surface area contributed by atoms with E-state index in [9.17, 15) is 12.9 Å². The third kappa shape index (κ3) is 4.92. The van der Waals surface area contributed by atoms with Crippen LogP contribution in [0.25, 0.3) is 0 Å². The van der Waals surface area contributed by atoms with E-state index in [1.807, 2.05) is 0 Å². The van der Waals surface area contributed by atoms with Crippen molar-refractivity contribution in [3.05, 3.63) is 36.4 Å². The van der Waals surface area contributed by atoms with Crippen LogP contribution in [0.4, 0.5) is 12.9 Å². The molecule has 0 radical (unpaired) electrons. The fourth-order valence-corrected chi connectivity index (χ4v) is 1.39. The van der Waals surface area contributed by atoms with Crippen molar-refractivity contribution in [2.24, 2.45) is 7.05 Å². The molecule has 96 valence electrons. The van der Waals surface area contributed by atoms with Gasteiger partial charge in [-0.1, -0.05) is 5.46 Å². The van der Waals surface area contributed by atoms with Crippen LogP contribution in [0.2, 0.25) is 0 Å². The molecule has 0 amide bonds. The molecule has 0 bridgehead atoms. The van der Waals surface area contributed by atoms with Crippen LogP contribution in [0.5, 0.6) is 5.75 Å². The second-order valence-corrected chi connectivity index (χ2v) is 3.80. The van der Waals surface area contributed by atoms with E-state index in [1.165, 1.54) is 6.20 Å². The zero-order chi connectivity index (χ0) is 13.2. The molecule has 0 aliphatic heterocycles. The number of rotatable bonds is 4. The molecule has 0 saturated carbocycles. The van der Waals surface area contributed by atoms with Crippen LogP contribution in [0.3, 0.4) is 0 Å². The van der Waals surface area contributed by atoms with Gasteiger partial charge in [-0.2, -0.15) is 5.10 Å². The molecule has 0 unspecified atom stereocenters. The predicted molar refractivity (Wildman–Crippen MR) is 60.5 cm³/mol. The summed E-state index contributed by atoms with van der Waals surface area (Å²) < 4.78 is 44.3. The van der Waals surface area contributed by atoms with E-state index in [1.54, 1.807) is 24.0 Å². The maximum Gasteiger partial charge on any atom is 1.00 e. The molecule has 0 N–H and O–H groups in total. The van der Waals surface area contributed by atoms with Gasteiger partial charge in [-0.15, -0.1) is 0 Å². The summed E-state index contributed by atoms with van der Waals surface area (Å²) in [6.07, 6.45) is 3.76. The van der Waals surface area contributed by atoms with Gasteiger partial charge in [0.1, 0.15) is 12.4 Å². The van der Waals surface area contributed by atoms with Crippen molar-refractivity contribution in [2.75, 3.05) is 0 Å². The first-order valence-electron chi connectivity index (χ1n) is 5.21. The minimum absolute atomic E-state index is 0. The SMILES string of the molecule is Cn1ccc(COc2cncc([B-](F)(F)F)c2)n1.[K+]. The van der Waals surface area contributed by atoms with Crippen molar-refractivity contribution in [3.8, 4) is 5.75 Å². The van der Waals surface area contributed by atoms with E-state index in [4.69, 9.17) is 4.74 Å². The van der Waals surface area contributed by atoms with Gasteiger partial charge in [-0.05, 0) is 12.1 Å². The smallest absolute Gasteiger partial charge is 0.486 e. The zero-order valence-corrected chi connectivity index (χ0v) is 13.7. The Morgan fingerprint density at radius 1 is 1.32 bits per heavy atom. The van der Waals surface area contributed by atoms with Crippen molar-refractivity contribution in [1.29, 1.82) is 0 Å². The summed E-state index contributed by atoms with van der Waals surface area (Å²) in [5, 5.41) is 4.05. The fourth-order valence-electron chi connectivity index (χ4n) is 1.39. The summed E-state index contributed by atoms with van der Waals surface area (Å²) in [5.41, 5.74) is -0.131. The van der Waals surface area contributed by atoms with Gasteiger partial charge in [0.2, 0.25) is 0 Å². The first kappa shape index (κ1) is 16.7. The Morgan fingerprint density at radius 3 is 2.63 bits per heavy atom. The Morgan fingerprint density at radius 2 is 2.05 bits per heavy atom. The Balaban J connectivity index is 0.00000180. The number of hydrogen-bond donors (Lipinski definition) is 0. The zero-order valence-electron chi connectivity index (χ0n) is 10.6. The van der Waals surface area contributed by atoms with Gasteiger partial charge in [0, 0.05) is 19.4 Å². The quantitative estimate of drug-likeness (QED) is 0.641. The molecule has 9 heteroatoms. The van der Waals surface area contributed by atoms with Crippen molar-refractivity contribution < 1.29 is 69.1 Å². The second kappa shape index (κ2) is 6.89. The number of pyridine rings is 1. The van der Waals surface area contributed by atoms with Gasteiger partial charge in [0.15, 0.2) is 0 Å². The molecule has 2 heterocycles. The van der Waals surface area contributed by atoms with Crippen molar-refractivity contribution in [2.45, 2.75) is 6.61 Å². The van der Waals surface area contributed by atoms with Gasteiger partial charge in [0.25, 0.3) is 0 Å². The van der Waals surface area contributed by atoms with Gasteiger partial charge in [0.05, 0.1) is 11.9 Å². The van der Waals surface area contributed by atoms with Crippen LogP contribution in [0.1, 0.15) is 5.69 Å². The molecule has 2 aromatic heterocycles. The average molecular weight is 295 g/mol. The molecule has 2 rings (SSSR count). The standard InChI is InChI=1S/C10H10BF3N3O.K/c1-17-3-2-9(16-17)7-18-10-4-8(5-15-6-10)11(12,13)14;/h2-6H,7H2,1H3;/q-1;+1. The van der Waals surface area contributed by atoms with E-state index in [0.29, 0.717) is 5.69 Å². The van der Waals surface area contributed by atoms with Crippen LogP contribution in [-0.4, -0.2) is 21.7 Å². The van der Waals surface area contributed by atoms with Crippen molar-refractivity contribution >= 4 is 12.4 Å². The first-order valence-corrected chi connectivity index (χ1v) is 5.21. The summed E-state index contributed by atoms with van der Waals surface area (Å²) in [7, 11) is 1.75. The average Bonchev–Trinajstić information content (AvgIpc) is 2.72. The first-order chi connectivity index (χ1) is 8.45. The molecule has 4 nitrogen and oxygen atoms in total. The van der Waals surface area contributed by atoms with Crippen molar-refractivity contribution in [3.63, 3.8) is 0 Å². The molecular weight excluding hydrogens is 285 g/mol. The molecule has 2 aromatic rings. The van der Waals surface area contributed by atoms with Gasteiger partial charge in [-0.25, -0.2) is 0 Å². The maximum absolute atomic E-state index is 12.5. The maximum atomic E-state index is 12.5. The fraction of sp³-hybridized carbons (Fsp3) is 0.200. The van der Waals surface area contributed by atoms with Crippen LogP contribution < -0.4 is 61.6 Å². The van der Waals surface area contributed by atoms with Crippen LogP contribution in [0, 0.1) is 0 Å². The minimum Gasteiger partial charge on any atom is -0.486 e. The number of hydrogen-bond acceptors (Lipinski definition) is 3. The van der Waals surface area contributed by atoms with E-state index in [2.05, 4.69) is 10.1 Å². The van der Waals surface area contributed by atoms with Crippen LogP contribution in [-0.2, 0) is 13.7 Å². The molecule has 0 fully saturated rings. The van der Waals surface area contributed by atoms with E-state index in [-0.39, 0.29) is 63.7 Å². The Labute approximate surface area is 150 Å². The van der Waals surface area contributed by atoms with Gasteiger partial charge in [-0.3, -0.25) is 9.67 Å². The number of nitrogens with zero attached hydrogens (tertiary/aromatic N) is 3. The molecule has 0 spiro atoms. The molecule has 0 atom stereocenters. The number of aryl methyl sites for hydroxylation is 1. The summed E-state index contributed by atoms with van der Waals surface area (Å²) in [6.45, 7) is -4.95. The van der Waals surface area contributed by atoms with Crippen LogP contribution >= 0.6 is 0 Å². The predicted octanol–water partition coefficient (Wildman–Crippen LogP) is -1.55. The Hall–Kier alpha value is -0.349. The molecule has 19 heavy (non-hydrogen) atoms. The topological polar surface area (TPSA) is 39.9 Å². The molecule has 0 aromatic carbocycles. The minimum atomic E-state index is -5.05. The second-order valence-electron chi connectivity index (χ2n) is 3.80. The number of aromatic nitrogens is 3. The monoisotopic (exact) mass is 295 g/mol. The molecular formula is C10H10BF3KN3O. The summed E-state index contributed by atoms with van der Waals surface area (Å²) >= 11 is 0. The summed E-state index contributed by atoms with van der Waals surface area (Å²) in [5.74, 6) is 0.0809. The number of ether oxygens (including phenoxy) is 1. The van der Waals surface area contributed by atoms with Gasteiger partial charge < -0.3 is 17.7 Å². The van der Waals surface area contributed by atoms with E-state index >= 15 is 0 Å². The summed E-state index contributed by atoms with van der Waals surface area (Å²) in [6, 6.07) is 2.67. The normalized spacial score (nSPS) is 10.9. The third-order valence-corrected chi connectivity index (χ3v) is 2.27. The molecule has 0 aliphatic rings. The van der Waals surface area contributed by atoms with Crippen LogP contribution in [0.15, 0.2) is 30.7 Å². The van der Waals surface area contributed by atoms with E-state index < -0.39 is 12.4 Å². The largest absolute Gasteiger partial charge is 1.00 e. The molecule has 0 aliphatic carbocycles. The van der Waals surface area contributed by atoms with Gasteiger partial charge >= 0.3 is 58.4 Å². The van der Waals surface area contributed by atoms with Crippen molar-refractivity contribution in [1.82, 2.24) is 14.8 Å². The van der Waals surface area contributed by atoms with E-state index in [0.717, 1.165) is 12.3 Å².